The molecule has 0 amide bonds. The predicted octanol–water partition coefficient (Wildman–Crippen LogP) is 1.97. The maximum atomic E-state index is 12.9. The Kier molecular flexibility index (Phi) is 6.48. The van der Waals surface area contributed by atoms with Gasteiger partial charge in [0.05, 0.1) is 7.11 Å². The third-order valence-corrected chi connectivity index (χ3v) is 4.34. The third kappa shape index (κ3) is 5.20. The third-order valence-electron chi connectivity index (χ3n) is 4.34. The Bertz CT molecular complexity index is 801. The number of aliphatic hydroxyl groups excluding tert-OH is 1. The van der Waals surface area contributed by atoms with E-state index in [1.54, 1.807) is 26.3 Å². The van der Waals surface area contributed by atoms with Crippen LogP contribution < -0.4 is 20.1 Å². The molecule has 0 unspecified atom stereocenters. The number of ether oxygens (including phenoxy) is 2. The van der Waals surface area contributed by atoms with Crippen LogP contribution in [-0.2, 0) is 0 Å². The first kappa shape index (κ1) is 20.1. The smallest absolute Gasteiger partial charge is 0.229 e. The first-order chi connectivity index (χ1) is 13.5. The number of nitrogens with one attached hydrogen (secondary N) is 2. The van der Waals surface area contributed by atoms with Crippen LogP contribution in [-0.4, -0.2) is 72.6 Å². The molecule has 3 N–H and O–H groups in total. The highest BCUT2D eigenvalue weighted by molar-refractivity contribution is 5.60. The number of nitrogens with zero attached hydrogens (tertiary/aromatic N) is 3. The van der Waals surface area contributed by atoms with Crippen molar-refractivity contribution in [2.45, 2.75) is 19.2 Å². The fourth-order valence-corrected chi connectivity index (χ4v) is 2.94. The number of methoxy groups -OCH3 is 1. The maximum Gasteiger partial charge on any atom is 0.229 e. The quantitative estimate of drug-likeness (QED) is 0.598. The summed E-state index contributed by atoms with van der Waals surface area (Å²) in [6, 6.07) is 7.20. The number of halogens is 1. The van der Waals surface area contributed by atoms with Gasteiger partial charge >= 0.3 is 0 Å². The number of β-amino-alcohol motifs (C(OH)–C–C–N with tert-alkyl or cyclic N) is 1. The van der Waals surface area contributed by atoms with Gasteiger partial charge in [0.15, 0.2) is 11.5 Å². The van der Waals surface area contributed by atoms with Gasteiger partial charge in [0.2, 0.25) is 5.95 Å². The van der Waals surface area contributed by atoms with E-state index in [2.05, 4.69) is 20.6 Å². The van der Waals surface area contributed by atoms with E-state index < -0.39 is 12.3 Å². The van der Waals surface area contributed by atoms with Crippen molar-refractivity contribution in [2.24, 2.45) is 0 Å². The lowest BCUT2D eigenvalue weighted by Gasteiger charge is -2.35. The molecule has 152 valence electrons. The van der Waals surface area contributed by atoms with Gasteiger partial charge < -0.3 is 25.2 Å². The zero-order chi connectivity index (χ0) is 20.1. The molecule has 1 saturated heterocycles. The van der Waals surface area contributed by atoms with Crippen LogP contribution in [0.1, 0.15) is 5.69 Å². The summed E-state index contributed by atoms with van der Waals surface area (Å²) in [4.78, 5) is 10.6. The Balaban J connectivity index is 1.65. The Labute approximate surface area is 163 Å². The van der Waals surface area contributed by atoms with Crippen molar-refractivity contribution in [1.29, 1.82) is 0 Å². The van der Waals surface area contributed by atoms with Crippen LogP contribution in [0.4, 0.5) is 21.8 Å². The molecule has 1 aliphatic heterocycles. The summed E-state index contributed by atoms with van der Waals surface area (Å²) < 4.78 is 23.9. The van der Waals surface area contributed by atoms with Crippen LogP contribution in [0.25, 0.3) is 0 Å². The van der Waals surface area contributed by atoms with Crippen LogP contribution in [0.2, 0.25) is 0 Å². The number of hydrogen-bond donors (Lipinski definition) is 3. The molecule has 28 heavy (non-hydrogen) atoms. The lowest BCUT2D eigenvalue weighted by Crippen LogP contribution is -2.51. The fraction of sp³-hybridized carbons (Fsp3) is 0.474. The molecule has 1 fully saturated rings. The Morgan fingerprint density at radius 2 is 2.07 bits per heavy atom. The minimum absolute atomic E-state index is 0.0815. The SMILES string of the molecule is CNc1cc(C)nc(Nc2ccc(OC)c(OC[C@H](O)CN3CC(F)C3)c2)n1. The fourth-order valence-electron chi connectivity index (χ4n) is 2.94. The van der Waals surface area contributed by atoms with Crippen molar-refractivity contribution < 1.29 is 19.0 Å². The van der Waals surface area contributed by atoms with Crippen molar-refractivity contribution in [3.05, 3.63) is 30.0 Å². The Hall–Kier alpha value is -2.65. The van der Waals surface area contributed by atoms with Crippen LogP contribution in [0, 0.1) is 6.92 Å². The highest BCUT2D eigenvalue weighted by atomic mass is 19.1. The number of likely N-dealkylation sites (tertiary alicyclic amines) is 1. The first-order valence-electron chi connectivity index (χ1n) is 9.12. The molecule has 2 aromatic rings. The van der Waals surface area contributed by atoms with Gasteiger partial charge in [0, 0.05) is 50.2 Å². The molecule has 8 nitrogen and oxygen atoms in total. The Morgan fingerprint density at radius 3 is 2.75 bits per heavy atom. The molecule has 0 bridgehead atoms. The number of anilines is 3. The van der Waals surface area contributed by atoms with Gasteiger partial charge in [-0.2, -0.15) is 4.98 Å². The lowest BCUT2D eigenvalue weighted by molar-refractivity contribution is 0.00674. The normalized spacial score (nSPS) is 15.6. The summed E-state index contributed by atoms with van der Waals surface area (Å²) in [6.07, 6.45) is -1.50. The van der Waals surface area contributed by atoms with Gasteiger partial charge in [-0.15, -0.1) is 0 Å². The van der Waals surface area contributed by atoms with Crippen molar-refractivity contribution in [3.8, 4) is 11.5 Å². The minimum Gasteiger partial charge on any atom is -0.493 e. The number of rotatable bonds is 9. The second-order valence-corrected chi connectivity index (χ2v) is 6.74. The summed E-state index contributed by atoms with van der Waals surface area (Å²) in [5.74, 6) is 2.20. The van der Waals surface area contributed by atoms with E-state index in [0.717, 1.165) is 11.4 Å². The molecule has 1 aliphatic rings. The van der Waals surface area contributed by atoms with Crippen LogP contribution >= 0.6 is 0 Å². The molecule has 0 saturated carbocycles. The largest absolute Gasteiger partial charge is 0.493 e. The molecule has 9 heteroatoms. The number of aliphatic hydroxyl groups is 1. The van der Waals surface area contributed by atoms with E-state index in [-0.39, 0.29) is 6.61 Å². The van der Waals surface area contributed by atoms with E-state index in [9.17, 15) is 9.50 Å². The monoisotopic (exact) mass is 391 g/mol. The summed E-state index contributed by atoms with van der Waals surface area (Å²) >= 11 is 0. The summed E-state index contributed by atoms with van der Waals surface area (Å²) in [7, 11) is 3.35. The average molecular weight is 391 g/mol. The summed E-state index contributed by atoms with van der Waals surface area (Å²) in [6.45, 7) is 3.08. The molecule has 0 aliphatic carbocycles. The molecule has 0 radical (unpaired) electrons. The van der Waals surface area contributed by atoms with E-state index in [1.807, 2.05) is 24.0 Å². The second-order valence-electron chi connectivity index (χ2n) is 6.74. The molecule has 3 rings (SSSR count). The second kappa shape index (κ2) is 9.03. The summed E-state index contributed by atoms with van der Waals surface area (Å²) in [5.41, 5.74) is 1.55. The zero-order valence-electron chi connectivity index (χ0n) is 16.3. The first-order valence-corrected chi connectivity index (χ1v) is 9.12. The summed E-state index contributed by atoms with van der Waals surface area (Å²) in [5, 5.41) is 16.3. The highest BCUT2D eigenvalue weighted by Crippen LogP contribution is 2.31. The van der Waals surface area contributed by atoms with Crippen molar-refractivity contribution >= 4 is 17.5 Å². The average Bonchev–Trinajstić information content (AvgIpc) is 2.64. The highest BCUT2D eigenvalue weighted by Gasteiger charge is 2.27. The van der Waals surface area contributed by atoms with Crippen LogP contribution in [0.15, 0.2) is 24.3 Å². The van der Waals surface area contributed by atoms with E-state index >= 15 is 0 Å². The lowest BCUT2D eigenvalue weighted by atomic mass is 10.2. The van der Waals surface area contributed by atoms with Gasteiger partial charge in [0.25, 0.3) is 0 Å². The number of aromatic nitrogens is 2. The van der Waals surface area contributed by atoms with E-state index in [4.69, 9.17) is 9.47 Å². The zero-order valence-corrected chi connectivity index (χ0v) is 16.3. The number of aryl methyl sites for hydroxylation is 1. The number of hydrogen-bond acceptors (Lipinski definition) is 8. The van der Waals surface area contributed by atoms with Gasteiger partial charge in [-0.1, -0.05) is 0 Å². The van der Waals surface area contributed by atoms with Crippen LogP contribution in [0.3, 0.4) is 0 Å². The van der Waals surface area contributed by atoms with Gasteiger partial charge in [0.1, 0.15) is 24.7 Å². The van der Waals surface area contributed by atoms with E-state index in [1.165, 1.54) is 0 Å². The Morgan fingerprint density at radius 1 is 1.29 bits per heavy atom. The topological polar surface area (TPSA) is 91.8 Å². The van der Waals surface area contributed by atoms with Crippen molar-refractivity contribution in [1.82, 2.24) is 14.9 Å². The number of benzene rings is 1. The van der Waals surface area contributed by atoms with Crippen molar-refractivity contribution in [2.75, 3.05) is 51.0 Å². The van der Waals surface area contributed by atoms with Gasteiger partial charge in [-0.25, -0.2) is 9.37 Å². The molecule has 0 spiro atoms. The molecular weight excluding hydrogens is 365 g/mol. The van der Waals surface area contributed by atoms with Gasteiger partial charge in [-0.05, 0) is 19.1 Å². The van der Waals surface area contributed by atoms with E-state index in [0.29, 0.717) is 42.9 Å². The van der Waals surface area contributed by atoms with Gasteiger partial charge in [-0.3, -0.25) is 4.90 Å². The van der Waals surface area contributed by atoms with Crippen molar-refractivity contribution in [3.63, 3.8) is 0 Å². The molecule has 1 aromatic heterocycles. The number of alkyl halides is 1. The minimum atomic E-state index is -0.789. The molecule has 2 heterocycles. The molecule has 1 aromatic carbocycles. The van der Waals surface area contributed by atoms with Crippen LogP contribution in [0.5, 0.6) is 11.5 Å². The standard InChI is InChI=1S/C19H26FN5O3/c1-12-6-18(21-2)24-19(22-12)23-14-4-5-16(27-3)17(7-14)28-11-15(26)10-25-8-13(20)9-25/h4-7,13,15,26H,8-11H2,1-3H3,(H2,21,22,23,24)/t15-/m1/s1. The predicted molar refractivity (Wildman–Crippen MR) is 105 cm³/mol. The molecular formula is C19H26FN5O3. The molecule has 1 atom stereocenters. The maximum absolute atomic E-state index is 12.9.